The molecule has 0 unspecified atom stereocenters. The van der Waals surface area contributed by atoms with E-state index in [0.29, 0.717) is 22.6 Å². The molecule has 1 aromatic heterocycles. The van der Waals surface area contributed by atoms with E-state index in [1.807, 2.05) is 32.9 Å². The van der Waals surface area contributed by atoms with Crippen molar-refractivity contribution in [2.45, 2.75) is 77.7 Å². The molecule has 1 N–H and O–H groups in total. The molecule has 1 fully saturated rings. The minimum Gasteiger partial charge on any atom is -0.489 e. The summed E-state index contributed by atoms with van der Waals surface area (Å²) in [6.45, 7) is 7.96. The largest absolute Gasteiger partial charge is 0.489 e. The first-order valence-electron chi connectivity index (χ1n) is 10.1. The molecule has 0 bridgehead atoms. The van der Waals surface area contributed by atoms with Crippen LogP contribution in [0.1, 0.15) is 53.4 Å². The molecule has 0 radical (unpaired) electrons. The Morgan fingerprint density at radius 3 is 2.59 bits per heavy atom. The lowest BCUT2D eigenvalue weighted by molar-refractivity contribution is -0.120. The molecule has 8 heteroatoms. The second-order valence-corrected chi connectivity index (χ2v) is 9.25. The smallest absolute Gasteiger partial charge is 0.274 e. The number of rotatable bonds is 8. The zero-order valence-corrected chi connectivity index (χ0v) is 18.9. The number of thiazole rings is 1. The standard InChI is InChI=1S/C21H29ClN2O4S/c1-12(2)27-21-24-18-9-17(22)19(10-20(18)29-21)28-16-7-5-15(6-8-16)26-11-13(3)23-14(4)25/h9-10,12-13,15-16H,5-8,11H2,1-4H3,(H,23,25)/t13-,15?,16?/m0/s1. The zero-order chi connectivity index (χ0) is 21.0. The molecule has 1 heterocycles. The number of carbonyl (C=O) groups excluding carboxylic acids is 1. The minimum atomic E-state index is -0.0316. The topological polar surface area (TPSA) is 69.7 Å². The predicted octanol–water partition coefficient (Wildman–Crippen LogP) is 4.97. The summed E-state index contributed by atoms with van der Waals surface area (Å²) in [4.78, 5) is 15.6. The summed E-state index contributed by atoms with van der Waals surface area (Å²) in [6, 6.07) is 3.82. The van der Waals surface area contributed by atoms with Crippen molar-refractivity contribution in [3.8, 4) is 10.9 Å². The molecule has 2 aromatic rings. The first-order chi connectivity index (χ1) is 13.8. The number of nitrogens with zero attached hydrogens (tertiary/aromatic N) is 1. The van der Waals surface area contributed by atoms with E-state index in [1.54, 1.807) is 0 Å². The van der Waals surface area contributed by atoms with Crippen molar-refractivity contribution in [2.75, 3.05) is 6.61 Å². The van der Waals surface area contributed by atoms with E-state index in [1.165, 1.54) is 18.3 Å². The molecule has 0 aliphatic heterocycles. The van der Waals surface area contributed by atoms with Gasteiger partial charge < -0.3 is 19.5 Å². The van der Waals surface area contributed by atoms with Gasteiger partial charge in [-0.05, 0) is 52.5 Å². The summed E-state index contributed by atoms with van der Waals surface area (Å²) in [5.74, 6) is 0.665. The maximum Gasteiger partial charge on any atom is 0.274 e. The van der Waals surface area contributed by atoms with E-state index < -0.39 is 0 Å². The lowest BCUT2D eigenvalue weighted by Gasteiger charge is -2.30. The number of benzene rings is 1. The molecule has 6 nitrogen and oxygen atoms in total. The van der Waals surface area contributed by atoms with Crippen LogP contribution in [-0.2, 0) is 9.53 Å². The Morgan fingerprint density at radius 1 is 1.24 bits per heavy atom. The van der Waals surface area contributed by atoms with Gasteiger partial charge in [-0.2, -0.15) is 0 Å². The number of ether oxygens (including phenoxy) is 3. The van der Waals surface area contributed by atoms with Crippen molar-refractivity contribution < 1.29 is 19.0 Å². The summed E-state index contributed by atoms with van der Waals surface area (Å²) in [5, 5.41) is 4.06. The number of aromatic nitrogens is 1. The Balaban J connectivity index is 1.52. The first-order valence-corrected chi connectivity index (χ1v) is 11.3. The van der Waals surface area contributed by atoms with Gasteiger partial charge in [0.25, 0.3) is 5.19 Å². The van der Waals surface area contributed by atoms with Gasteiger partial charge in [0, 0.05) is 19.0 Å². The van der Waals surface area contributed by atoms with Crippen molar-refractivity contribution in [1.29, 1.82) is 0 Å². The van der Waals surface area contributed by atoms with Crippen LogP contribution in [0.3, 0.4) is 0 Å². The molecular formula is C21H29ClN2O4S. The number of fused-ring (bicyclic) bond motifs is 1. The van der Waals surface area contributed by atoms with Gasteiger partial charge in [-0.25, -0.2) is 4.98 Å². The molecular weight excluding hydrogens is 412 g/mol. The summed E-state index contributed by atoms with van der Waals surface area (Å²) in [6.07, 6.45) is 4.11. The highest BCUT2D eigenvalue weighted by Crippen LogP contribution is 2.37. The summed E-state index contributed by atoms with van der Waals surface area (Å²) < 4.78 is 18.8. The van der Waals surface area contributed by atoms with Crippen molar-refractivity contribution >= 4 is 39.1 Å². The Hall–Kier alpha value is -1.57. The maximum atomic E-state index is 11.1. The minimum absolute atomic E-state index is 0.0241. The third-order valence-electron chi connectivity index (χ3n) is 4.71. The van der Waals surface area contributed by atoms with Crippen molar-refractivity contribution in [3.63, 3.8) is 0 Å². The van der Waals surface area contributed by atoms with E-state index in [9.17, 15) is 4.79 Å². The average molecular weight is 441 g/mol. The molecule has 29 heavy (non-hydrogen) atoms. The van der Waals surface area contributed by atoms with Crippen LogP contribution in [0.5, 0.6) is 10.9 Å². The number of amides is 1. The van der Waals surface area contributed by atoms with E-state index in [0.717, 1.165) is 35.9 Å². The first kappa shape index (κ1) is 22.1. The molecule has 3 rings (SSSR count). The van der Waals surface area contributed by atoms with Crippen LogP contribution in [0.15, 0.2) is 12.1 Å². The highest BCUT2D eigenvalue weighted by Gasteiger charge is 2.24. The Labute approximate surface area is 180 Å². The van der Waals surface area contributed by atoms with Crippen molar-refractivity contribution in [2.24, 2.45) is 0 Å². The van der Waals surface area contributed by atoms with E-state index in [-0.39, 0.29) is 30.3 Å². The highest BCUT2D eigenvalue weighted by atomic mass is 35.5. The van der Waals surface area contributed by atoms with Gasteiger partial charge in [0.05, 0.1) is 40.2 Å². The van der Waals surface area contributed by atoms with Gasteiger partial charge in [-0.1, -0.05) is 22.9 Å². The lowest BCUT2D eigenvalue weighted by atomic mass is 9.95. The third-order valence-corrected chi connectivity index (χ3v) is 5.91. The molecule has 0 spiro atoms. The summed E-state index contributed by atoms with van der Waals surface area (Å²) in [5.41, 5.74) is 0.827. The quantitative estimate of drug-likeness (QED) is 0.627. The summed E-state index contributed by atoms with van der Waals surface area (Å²) >= 11 is 7.93. The fraction of sp³-hybridized carbons (Fsp3) is 0.619. The van der Waals surface area contributed by atoms with Crippen LogP contribution in [0.25, 0.3) is 10.2 Å². The van der Waals surface area contributed by atoms with Gasteiger partial charge >= 0.3 is 0 Å². The van der Waals surface area contributed by atoms with Gasteiger partial charge in [-0.15, -0.1) is 0 Å². The van der Waals surface area contributed by atoms with Gasteiger partial charge in [0.15, 0.2) is 0 Å². The molecule has 160 valence electrons. The Kier molecular flexibility index (Phi) is 7.60. The van der Waals surface area contributed by atoms with Crippen LogP contribution < -0.4 is 14.8 Å². The fourth-order valence-corrected chi connectivity index (χ4v) is 4.57. The fourth-order valence-electron chi connectivity index (χ4n) is 3.42. The predicted molar refractivity (Wildman–Crippen MR) is 116 cm³/mol. The molecule has 1 aliphatic rings. The maximum absolute atomic E-state index is 11.1. The molecule has 1 aromatic carbocycles. The Bertz CT molecular complexity index is 833. The molecule has 1 aliphatic carbocycles. The number of nitrogens with one attached hydrogen (secondary N) is 1. The number of hydrogen-bond donors (Lipinski definition) is 1. The van der Waals surface area contributed by atoms with Crippen LogP contribution in [0, 0.1) is 0 Å². The molecule has 0 saturated heterocycles. The van der Waals surface area contributed by atoms with Gasteiger partial charge in [0.1, 0.15) is 5.75 Å². The molecule has 1 atom stereocenters. The van der Waals surface area contributed by atoms with Crippen LogP contribution in [0.4, 0.5) is 0 Å². The van der Waals surface area contributed by atoms with Crippen molar-refractivity contribution in [1.82, 2.24) is 10.3 Å². The summed E-state index contributed by atoms with van der Waals surface area (Å²) in [7, 11) is 0. The van der Waals surface area contributed by atoms with Gasteiger partial charge in [0.2, 0.25) is 5.91 Å². The monoisotopic (exact) mass is 440 g/mol. The van der Waals surface area contributed by atoms with Crippen LogP contribution >= 0.6 is 22.9 Å². The van der Waals surface area contributed by atoms with E-state index >= 15 is 0 Å². The average Bonchev–Trinajstić information content (AvgIpc) is 3.01. The number of carbonyl (C=O) groups is 1. The Morgan fingerprint density at radius 2 is 1.93 bits per heavy atom. The zero-order valence-electron chi connectivity index (χ0n) is 17.4. The van der Waals surface area contributed by atoms with Gasteiger partial charge in [-0.3, -0.25) is 4.79 Å². The second-order valence-electron chi connectivity index (χ2n) is 7.85. The molecule has 1 amide bonds. The third kappa shape index (κ3) is 6.46. The number of halogens is 1. The normalized spacial score (nSPS) is 20.6. The molecule has 1 saturated carbocycles. The van der Waals surface area contributed by atoms with Crippen LogP contribution in [-0.4, -0.2) is 41.9 Å². The van der Waals surface area contributed by atoms with Crippen molar-refractivity contribution in [3.05, 3.63) is 17.2 Å². The SMILES string of the molecule is CC(=O)N[C@@H](C)COC1CCC(Oc2cc3sc(OC(C)C)nc3cc2Cl)CC1. The van der Waals surface area contributed by atoms with E-state index in [4.69, 9.17) is 25.8 Å². The second kappa shape index (κ2) is 9.96. The number of hydrogen-bond acceptors (Lipinski definition) is 6. The van der Waals surface area contributed by atoms with Crippen LogP contribution in [0.2, 0.25) is 5.02 Å². The van der Waals surface area contributed by atoms with E-state index in [2.05, 4.69) is 10.3 Å². The lowest BCUT2D eigenvalue weighted by Crippen LogP contribution is -2.36. The highest BCUT2D eigenvalue weighted by molar-refractivity contribution is 7.20.